The summed E-state index contributed by atoms with van der Waals surface area (Å²) in [4.78, 5) is 21.9. The van der Waals surface area contributed by atoms with Crippen molar-refractivity contribution < 1.29 is 19.2 Å². The van der Waals surface area contributed by atoms with Gasteiger partial charge in [0.1, 0.15) is 0 Å². The van der Waals surface area contributed by atoms with Crippen LogP contribution in [0.25, 0.3) is 0 Å². The number of carbonyl (C=O) groups is 1. The molecular formula is C13H19N3O5. The first-order valence-electron chi connectivity index (χ1n) is 6.49. The number of nitrogens with one attached hydrogen (secondary N) is 2. The lowest BCUT2D eigenvalue weighted by Gasteiger charge is -2.09. The van der Waals surface area contributed by atoms with Crippen LogP contribution in [0.1, 0.15) is 6.92 Å². The summed E-state index contributed by atoms with van der Waals surface area (Å²) in [5.41, 5.74) is 0.470. The maximum atomic E-state index is 11.5. The Morgan fingerprint density at radius 1 is 1.43 bits per heavy atom. The van der Waals surface area contributed by atoms with E-state index in [0.29, 0.717) is 25.4 Å². The molecule has 0 aliphatic rings. The van der Waals surface area contributed by atoms with E-state index < -0.39 is 4.92 Å². The molecule has 1 rings (SSSR count). The summed E-state index contributed by atoms with van der Waals surface area (Å²) in [6.45, 7) is 3.00. The van der Waals surface area contributed by atoms with Gasteiger partial charge in [0.05, 0.1) is 24.7 Å². The molecule has 0 heterocycles. The molecule has 8 heteroatoms. The van der Waals surface area contributed by atoms with Crippen molar-refractivity contribution in [3.05, 3.63) is 28.3 Å². The molecule has 0 unspecified atom stereocenters. The monoisotopic (exact) mass is 297 g/mol. The second-order valence-electron chi connectivity index (χ2n) is 4.07. The molecule has 116 valence electrons. The number of benzene rings is 1. The van der Waals surface area contributed by atoms with Gasteiger partial charge in [-0.05, 0) is 13.0 Å². The second kappa shape index (κ2) is 8.75. The molecule has 0 atom stereocenters. The second-order valence-corrected chi connectivity index (χ2v) is 4.07. The van der Waals surface area contributed by atoms with E-state index in [0.717, 1.165) is 0 Å². The highest BCUT2D eigenvalue weighted by molar-refractivity contribution is 5.80. The molecule has 2 N–H and O–H groups in total. The standard InChI is InChI=1S/C13H19N3O5/c1-3-21-12-8-10(4-5-11(12)16(18)19)15-9-13(17)14-6-7-20-2/h4-5,8,15H,3,6-7,9H2,1-2H3,(H,14,17). The van der Waals surface area contributed by atoms with Crippen molar-refractivity contribution in [3.63, 3.8) is 0 Å². The van der Waals surface area contributed by atoms with Crippen molar-refractivity contribution in [1.82, 2.24) is 5.32 Å². The minimum atomic E-state index is -0.508. The first kappa shape index (κ1) is 16.7. The average Bonchev–Trinajstić information content (AvgIpc) is 2.45. The molecule has 0 fully saturated rings. The predicted octanol–water partition coefficient (Wildman–Crippen LogP) is 1.17. The number of nitro benzene ring substituents is 1. The maximum absolute atomic E-state index is 11.5. The minimum Gasteiger partial charge on any atom is -0.487 e. The average molecular weight is 297 g/mol. The Kier molecular flexibility index (Phi) is 6.96. The normalized spacial score (nSPS) is 10.0. The van der Waals surface area contributed by atoms with E-state index in [1.54, 1.807) is 14.0 Å². The van der Waals surface area contributed by atoms with E-state index in [2.05, 4.69) is 10.6 Å². The van der Waals surface area contributed by atoms with Gasteiger partial charge in [-0.3, -0.25) is 14.9 Å². The maximum Gasteiger partial charge on any atom is 0.311 e. The van der Waals surface area contributed by atoms with Crippen LogP contribution in [-0.2, 0) is 9.53 Å². The molecule has 0 saturated carbocycles. The Labute approximate surface area is 122 Å². The van der Waals surface area contributed by atoms with Crippen LogP contribution in [0.5, 0.6) is 5.75 Å². The SMILES string of the molecule is CCOc1cc(NCC(=O)NCCOC)ccc1[N+](=O)[O-]. The molecular weight excluding hydrogens is 278 g/mol. The first-order valence-corrected chi connectivity index (χ1v) is 6.49. The van der Waals surface area contributed by atoms with E-state index in [9.17, 15) is 14.9 Å². The van der Waals surface area contributed by atoms with E-state index in [4.69, 9.17) is 9.47 Å². The van der Waals surface area contributed by atoms with E-state index in [1.807, 2.05) is 0 Å². The number of ether oxygens (including phenoxy) is 2. The molecule has 0 radical (unpaired) electrons. The largest absolute Gasteiger partial charge is 0.487 e. The third-order valence-corrected chi connectivity index (χ3v) is 2.54. The van der Waals surface area contributed by atoms with Crippen molar-refractivity contribution >= 4 is 17.3 Å². The smallest absolute Gasteiger partial charge is 0.311 e. The Hall–Kier alpha value is -2.35. The van der Waals surface area contributed by atoms with Crippen molar-refractivity contribution in [3.8, 4) is 5.75 Å². The summed E-state index contributed by atoms with van der Waals surface area (Å²) in [6, 6.07) is 4.38. The van der Waals surface area contributed by atoms with Crippen LogP contribution in [0.3, 0.4) is 0 Å². The highest BCUT2D eigenvalue weighted by Crippen LogP contribution is 2.29. The van der Waals surface area contributed by atoms with Gasteiger partial charge in [-0.15, -0.1) is 0 Å². The zero-order valence-corrected chi connectivity index (χ0v) is 12.0. The lowest BCUT2D eigenvalue weighted by Crippen LogP contribution is -2.32. The molecule has 0 aliphatic heterocycles. The molecule has 8 nitrogen and oxygen atoms in total. The zero-order chi connectivity index (χ0) is 15.7. The van der Waals surface area contributed by atoms with E-state index >= 15 is 0 Å². The zero-order valence-electron chi connectivity index (χ0n) is 12.0. The van der Waals surface area contributed by atoms with Gasteiger partial charge in [0.2, 0.25) is 5.91 Å². The number of anilines is 1. The molecule has 1 aromatic carbocycles. The summed E-state index contributed by atoms with van der Waals surface area (Å²) in [7, 11) is 1.55. The lowest BCUT2D eigenvalue weighted by molar-refractivity contribution is -0.385. The Morgan fingerprint density at radius 3 is 2.81 bits per heavy atom. The van der Waals surface area contributed by atoms with Crippen LogP contribution < -0.4 is 15.4 Å². The summed E-state index contributed by atoms with van der Waals surface area (Å²) in [5.74, 6) is -0.0179. The van der Waals surface area contributed by atoms with Gasteiger partial charge >= 0.3 is 5.69 Å². The number of carbonyl (C=O) groups excluding carboxylic acids is 1. The molecule has 0 aromatic heterocycles. The molecule has 1 amide bonds. The highest BCUT2D eigenvalue weighted by Gasteiger charge is 2.15. The van der Waals surface area contributed by atoms with Gasteiger partial charge in [-0.25, -0.2) is 0 Å². The van der Waals surface area contributed by atoms with Crippen molar-refractivity contribution in [1.29, 1.82) is 0 Å². The fourth-order valence-electron chi connectivity index (χ4n) is 1.58. The molecule has 0 saturated heterocycles. The number of amides is 1. The predicted molar refractivity (Wildman–Crippen MR) is 77.6 cm³/mol. The summed E-state index contributed by atoms with van der Waals surface area (Å²) in [6.07, 6.45) is 0. The van der Waals surface area contributed by atoms with Gasteiger partial charge in [0, 0.05) is 31.5 Å². The summed E-state index contributed by atoms with van der Waals surface area (Å²) >= 11 is 0. The fourth-order valence-corrected chi connectivity index (χ4v) is 1.58. The third-order valence-electron chi connectivity index (χ3n) is 2.54. The van der Waals surface area contributed by atoms with Crippen molar-refractivity contribution in [2.24, 2.45) is 0 Å². The molecule has 21 heavy (non-hydrogen) atoms. The number of nitrogens with zero attached hydrogens (tertiary/aromatic N) is 1. The molecule has 0 aliphatic carbocycles. The third kappa shape index (κ3) is 5.65. The lowest BCUT2D eigenvalue weighted by atomic mass is 10.2. The highest BCUT2D eigenvalue weighted by atomic mass is 16.6. The molecule has 1 aromatic rings. The molecule has 0 spiro atoms. The first-order chi connectivity index (χ1) is 10.1. The van der Waals surface area contributed by atoms with E-state index in [-0.39, 0.29) is 23.9 Å². The minimum absolute atomic E-state index is 0.0626. The van der Waals surface area contributed by atoms with Gasteiger partial charge < -0.3 is 20.1 Å². The number of hydrogen-bond acceptors (Lipinski definition) is 6. The summed E-state index contributed by atoms with van der Waals surface area (Å²) in [5, 5.41) is 16.4. The topological polar surface area (TPSA) is 103 Å². The van der Waals surface area contributed by atoms with Crippen LogP contribution >= 0.6 is 0 Å². The molecule has 0 bridgehead atoms. The van der Waals surface area contributed by atoms with Gasteiger partial charge in [-0.1, -0.05) is 0 Å². The quantitative estimate of drug-likeness (QED) is 0.403. The summed E-state index contributed by atoms with van der Waals surface area (Å²) < 4.78 is 10.0. The van der Waals surface area contributed by atoms with Gasteiger partial charge in [0.25, 0.3) is 0 Å². The number of rotatable bonds is 9. The van der Waals surface area contributed by atoms with Crippen LogP contribution in [0.2, 0.25) is 0 Å². The number of methoxy groups -OCH3 is 1. The van der Waals surface area contributed by atoms with Crippen molar-refractivity contribution in [2.75, 3.05) is 38.7 Å². The van der Waals surface area contributed by atoms with Crippen LogP contribution in [0.15, 0.2) is 18.2 Å². The Balaban J connectivity index is 2.61. The van der Waals surface area contributed by atoms with Crippen molar-refractivity contribution in [2.45, 2.75) is 6.92 Å². The van der Waals surface area contributed by atoms with Crippen LogP contribution in [0.4, 0.5) is 11.4 Å². The van der Waals surface area contributed by atoms with Gasteiger partial charge in [0.15, 0.2) is 5.75 Å². The Morgan fingerprint density at radius 2 is 2.19 bits per heavy atom. The fraction of sp³-hybridized carbons (Fsp3) is 0.462. The van der Waals surface area contributed by atoms with Gasteiger partial charge in [-0.2, -0.15) is 0 Å². The number of hydrogen-bond donors (Lipinski definition) is 2. The van der Waals surface area contributed by atoms with E-state index in [1.165, 1.54) is 18.2 Å². The Bertz CT molecular complexity index is 493. The van der Waals surface area contributed by atoms with Crippen LogP contribution in [-0.4, -0.2) is 44.2 Å². The number of nitro groups is 1. The van der Waals surface area contributed by atoms with Crippen LogP contribution in [0, 0.1) is 10.1 Å².